The molecule has 0 saturated heterocycles. The van der Waals surface area contributed by atoms with Crippen LogP contribution in [0.5, 0.6) is 0 Å². The molecule has 0 heterocycles. The molecule has 0 N–H and O–H groups in total. The van der Waals surface area contributed by atoms with Crippen molar-refractivity contribution in [2.24, 2.45) is 0 Å². The lowest BCUT2D eigenvalue weighted by Gasteiger charge is -2.17. The average Bonchev–Trinajstić information content (AvgIpc) is 2.11. The molecule has 0 bridgehead atoms. The summed E-state index contributed by atoms with van der Waals surface area (Å²) in [6.07, 6.45) is 1.84. The van der Waals surface area contributed by atoms with Crippen LogP contribution in [0.25, 0.3) is 0 Å². The largest absolute Gasteiger partial charge is 0.550 e. The van der Waals surface area contributed by atoms with Gasteiger partial charge >= 0.3 is 0 Å². The van der Waals surface area contributed by atoms with E-state index in [1.807, 2.05) is 13.2 Å². The predicted molar refractivity (Wildman–Crippen MR) is 78.3 cm³/mol. The smallest absolute Gasteiger partial charge is 0.241 e. The fraction of sp³-hybridized carbons (Fsp3) is 0.833. The van der Waals surface area contributed by atoms with Crippen molar-refractivity contribution in [3.8, 4) is 0 Å². The third-order valence-electron chi connectivity index (χ3n) is 1.71. The molecule has 0 aliphatic carbocycles. The highest BCUT2D eigenvalue weighted by atomic mass is 28.4. The van der Waals surface area contributed by atoms with E-state index in [9.17, 15) is 0 Å². The summed E-state index contributed by atoms with van der Waals surface area (Å²) in [5.74, 6) is 0. The summed E-state index contributed by atoms with van der Waals surface area (Å²) in [4.78, 5) is 0. The Morgan fingerprint density at radius 2 is 1.53 bits per heavy atom. The summed E-state index contributed by atoms with van der Waals surface area (Å²) >= 11 is 0. The van der Waals surface area contributed by atoms with Gasteiger partial charge in [-0.1, -0.05) is 0 Å². The van der Waals surface area contributed by atoms with E-state index in [-0.39, 0.29) is 0 Å². The molecule has 0 rings (SSSR count). The van der Waals surface area contributed by atoms with E-state index < -0.39 is 16.6 Å². The molecule has 0 fully saturated rings. The van der Waals surface area contributed by atoms with Crippen LogP contribution >= 0.6 is 0 Å². The predicted octanol–water partition coefficient (Wildman–Crippen LogP) is 3.61. The van der Waals surface area contributed by atoms with Gasteiger partial charge in [-0.3, -0.25) is 0 Å². The van der Waals surface area contributed by atoms with E-state index in [4.69, 9.17) is 13.6 Å². The van der Waals surface area contributed by atoms with Crippen LogP contribution in [0.4, 0.5) is 0 Å². The second-order valence-electron chi connectivity index (χ2n) is 6.21. The van der Waals surface area contributed by atoms with Crippen molar-refractivity contribution in [3.05, 3.63) is 11.8 Å². The zero-order valence-corrected chi connectivity index (χ0v) is 14.4. The highest BCUT2D eigenvalue weighted by Crippen LogP contribution is 2.06. The molecule has 5 heteroatoms. The minimum Gasteiger partial charge on any atom is -0.550 e. The third kappa shape index (κ3) is 13.8. The van der Waals surface area contributed by atoms with Gasteiger partial charge in [-0.2, -0.15) is 0 Å². The van der Waals surface area contributed by atoms with Gasteiger partial charge in [0.25, 0.3) is 0 Å². The maximum absolute atomic E-state index is 5.70. The fourth-order valence-corrected chi connectivity index (χ4v) is 2.20. The van der Waals surface area contributed by atoms with Gasteiger partial charge in [0.2, 0.25) is 8.32 Å². The Kier molecular flexibility index (Phi) is 7.31. The lowest BCUT2D eigenvalue weighted by atomic mass is 10.4. The van der Waals surface area contributed by atoms with E-state index in [0.717, 1.165) is 5.57 Å². The molecule has 17 heavy (non-hydrogen) atoms. The molecule has 0 atom stereocenters. The quantitative estimate of drug-likeness (QED) is 0.385. The minimum absolute atomic E-state index is 0.625. The molecule has 0 saturated carbocycles. The van der Waals surface area contributed by atoms with Crippen molar-refractivity contribution in [3.63, 3.8) is 0 Å². The molecule has 0 aromatic heterocycles. The molecule has 0 amide bonds. The van der Waals surface area contributed by atoms with E-state index in [0.29, 0.717) is 19.8 Å². The van der Waals surface area contributed by atoms with Crippen molar-refractivity contribution in [1.82, 2.24) is 0 Å². The normalized spacial score (nSPS) is 13.9. The first-order chi connectivity index (χ1) is 7.60. The Hall–Kier alpha value is -0.106. The van der Waals surface area contributed by atoms with E-state index >= 15 is 0 Å². The molecule has 3 nitrogen and oxygen atoms in total. The Morgan fingerprint density at radius 3 is 2.00 bits per heavy atom. The number of ether oxygens (including phenoxy) is 1. The lowest BCUT2D eigenvalue weighted by molar-refractivity contribution is 0.113. The van der Waals surface area contributed by atoms with Crippen LogP contribution in [0.2, 0.25) is 39.3 Å². The van der Waals surface area contributed by atoms with Gasteiger partial charge in [0.05, 0.1) is 26.1 Å². The fourth-order valence-electron chi connectivity index (χ4n) is 0.951. The Bertz CT molecular complexity index is 239. The summed E-state index contributed by atoms with van der Waals surface area (Å²) in [6.45, 7) is 17.0. The molecule has 0 radical (unpaired) electrons. The number of hydrogen-bond donors (Lipinski definition) is 0. The second-order valence-corrected chi connectivity index (χ2v) is 15.2. The monoisotopic (exact) mass is 276 g/mol. The average molecular weight is 277 g/mol. The Morgan fingerprint density at radius 1 is 0.941 bits per heavy atom. The van der Waals surface area contributed by atoms with Gasteiger partial charge in [0.15, 0.2) is 8.32 Å². The third-order valence-corrected chi connectivity index (χ3v) is 3.60. The van der Waals surface area contributed by atoms with Crippen molar-refractivity contribution >= 4 is 16.6 Å². The summed E-state index contributed by atoms with van der Waals surface area (Å²) in [7, 11) is -2.84. The minimum atomic E-state index is -1.45. The standard InChI is InChI=1S/C12H28O3Si2/c1-12(11-15-17(5,6)7)10-13-8-9-14-16(2,3)4/h11H,8-10H2,1-7H3. The van der Waals surface area contributed by atoms with Crippen LogP contribution in [0, 0.1) is 0 Å². The van der Waals surface area contributed by atoms with E-state index in [1.54, 1.807) is 0 Å². The van der Waals surface area contributed by atoms with Crippen molar-refractivity contribution < 1.29 is 13.6 Å². The van der Waals surface area contributed by atoms with Gasteiger partial charge in [0.1, 0.15) is 0 Å². The molecular formula is C12H28O3Si2. The maximum Gasteiger partial charge on any atom is 0.241 e. The number of rotatable bonds is 8. The van der Waals surface area contributed by atoms with Crippen LogP contribution in [0.1, 0.15) is 6.92 Å². The van der Waals surface area contributed by atoms with Crippen LogP contribution in [-0.2, 0) is 13.6 Å². The Balaban J connectivity index is 3.62. The van der Waals surface area contributed by atoms with Crippen LogP contribution in [0.15, 0.2) is 11.8 Å². The zero-order chi connectivity index (χ0) is 13.5. The van der Waals surface area contributed by atoms with Gasteiger partial charge in [-0.15, -0.1) is 0 Å². The molecule has 102 valence electrons. The number of hydrogen-bond acceptors (Lipinski definition) is 3. The van der Waals surface area contributed by atoms with Crippen LogP contribution in [0.3, 0.4) is 0 Å². The summed E-state index contributed by atoms with van der Waals surface area (Å²) in [5.41, 5.74) is 1.13. The molecule has 0 aromatic carbocycles. The topological polar surface area (TPSA) is 27.7 Å². The first kappa shape index (κ1) is 16.9. The summed E-state index contributed by atoms with van der Waals surface area (Å²) < 4.78 is 16.9. The molecule has 0 aromatic rings. The van der Waals surface area contributed by atoms with Crippen molar-refractivity contribution in [2.45, 2.75) is 46.2 Å². The first-order valence-electron chi connectivity index (χ1n) is 6.15. The molecular weight excluding hydrogens is 248 g/mol. The Labute approximate surface area is 108 Å². The SMILES string of the molecule is CC(=CO[Si](C)(C)C)COCCO[Si](C)(C)C. The van der Waals surface area contributed by atoms with Crippen molar-refractivity contribution in [1.29, 1.82) is 0 Å². The molecule has 0 aliphatic heterocycles. The zero-order valence-electron chi connectivity index (χ0n) is 12.4. The van der Waals surface area contributed by atoms with Crippen molar-refractivity contribution in [2.75, 3.05) is 19.8 Å². The van der Waals surface area contributed by atoms with E-state index in [1.165, 1.54) is 0 Å². The molecule has 0 spiro atoms. The van der Waals surface area contributed by atoms with Gasteiger partial charge in [-0.05, 0) is 51.8 Å². The van der Waals surface area contributed by atoms with E-state index in [2.05, 4.69) is 39.3 Å². The lowest BCUT2D eigenvalue weighted by Crippen LogP contribution is -2.27. The summed E-state index contributed by atoms with van der Waals surface area (Å²) in [6, 6.07) is 0. The highest BCUT2D eigenvalue weighted by molar-refractivity contribution is 6.70. The molecule has 0 aliphatic rings. The van der Waals surface area contributed by atoms with Crippen LogP contribution < -0.4 is 0 Å². The summed E-state index contributed by atoms with van der Waals surface area (Å²) in [5, 5.41) is 0. The highest BCUT2D eigenvalue weighted by Gasteiger charge is 2.14. The second kappa shape index (κ2) is 7.36. The van der Waals surface area contributed by atoms with Gasteiger partial charge < -0.3 is 13.6 Å². The van der Waals surface area contributed by atoms with Gasteiger partial charge in [0, 0.05) is 0 Å². The molecule has 0 unspecified atom stereocenters. The van der Waals surface area contributed by atoms with Gasteiger partial charge in [-0.25, -0.2) is 0 Å². The maximum atomic E-state index is 5.70. The van der Waals surface area contributed by atoms with Crippen LogP contribution in [-0.4, -0.2) is 36.5 Å². The first-order valence-corrected chi connectivity index (χ1v) is 13.0.